The number of methoxy groups -OCH3 is 1. The molecule has 2 nitrogen and oxygen atoms in total. The van der Waals surface area contributed by atoms with E-state index in [9.17, 15) is 0 Å². The van der Waals surface area contributed by atoms with Crippen molar-refractivity contribution in [2.45, 2.75) is 83.6 Å². The first-order valence-corrected chi connectivity index (χ1v) is 16.1. The summed E-state index contributed by atoms with van der Waals surface area (Å²) in [6.45, 7) is 7.90. The highest BCUT2D eigenvalue weighted by Gasteiger charge is 2.29. The molecule has 0 amide bonds. The van der Waals surface area contributed by atoms with Crippen molar-refractivity contribution in [1.29, 1.82) is 0 Å². The van der Waals surface area contributed by atoms with Gasteiger partial charge in [-0.15, -0.1) is 0 Å². The van der Waals surface area contributed by atoms with Gasteiger partial charge in [0.2, 0.25) is 0 Å². The molecule has 0 saturated carbocycles. The van der Waals surface area contributed by atoms with Crippen molar-refractivity contribution in [3.05, 3.63) is 23.3 Å². The van der Waals surface area contributed by atoms with Crippen LogP contribution in [0.4, 0.5) is 0 Å². The van der Waals surface area contributed by atoms with E-state index < -0.39 is 0 Å². The molecule has 1 aromatic carbocycles. The molecule has 2 saturated heterocycles. The van der Waals surface area contributed by atoms with Gasteiger partial charge in [-0.2, -0.15) is 0 Å². The van der Waals surface area contributed by atoms with E-state index in [-0.39, 0.29) is 24.8 Å². The Morgan fingerprint density at radius 3 is 1.79 bits per heavy atom. The highest BCUT2D eigenvalue weighted by molar-refractivity contribution is 7.96. The number of ether oxygens (including phenoxy) is 2. The number of benzene rings is 1. The minimum atomic E-state index is 0. The molecule has 0 radical (unpaired) electrons. The predicted molar refractivity (Wildman–Crippen MR) is 141 cm³/mol. The van der Waals surface area contributed by atoms with Gasteiger partial charge < -0.3 is 34.3 Å². The number of rotatable bonds is 13. The molecular formula is C27H46Cl2O2S2. The second kappa shape index (κ2) is 16.7. The zero-order valence-corrected chi connectivity index (χ0v) is 24.4. The molecule has 0 aliphatic carbocycles. The summed E-state index contributed by atoms with van der Waals surface area (Å²) in [6.07, 6.45) is 10.8. The number of hydrogen-bond donors (Lipinski definition) is 0. The van der Waals surface area contributed by atoms with Crippen molar-refractivity contribution >= 4 is 21.8 Å². The Bertz CT molecular complexity index is 660. The molecule has 33 heavy (non-hydrogen) atoms. The van der Waals surface area contributed by atoms with Crippen molar-refractivity contribution in [2.75, 3.05) is 36.7 Å². The molecule has 6 heteroatoms. The van der Waals surface area contributed by atoms with Crippen LogP contribution < -0.4 is 34.3 Å². The molecular weight excluding hydrogens is 491 g/mol. The highest BCUT2D eigenvalue weighted by Crippen LogP contribution is 2.34. The van der Waals surface area contributed by atoms with E-state index >= 15 is 0 Å². The molecule has 192 valence electrons. The topological polar surface area (TPSA) is 18.5 Å². The second-order valence-corrected chi connectivity index (χ2v) is 14.7. The molecule has 0 bridgehead atoms. The summed E-state index contributed by atoms with van der Waals surface area (Å²) >= 11 is 0. The van der Waals surface area contributed by atoms with Crippen LogP contribution in [0.25, 0.3) is 0 Å². The van der Waals surface area contributed by atoms with Crippen LogP contribution in [0.5, 0.6) is 11.5 Å². The van der Waals surface area contributed by atoms with Crippen molar-refractivity contribution in [1.82, 2.24) is 0 Å². The number of hydrogen-bond acceptors (Lipinski definition) is 2. The summed E-state index contributed by atoms with van der Waals surface area (Å²) in [6, 6.07) is 4.70. The molecule has 2 heterocycles. The van der Waals surface area contributed by atoms with Gasteiger partial charge in [-0.3, -0.25) is 0 Å². The molecule has 1 aromatic rings. The standard InChI is InChI=1S/C27H46O2S2.2ClH/c1-22(2)10-9-11-23(3)12-13-29-27-19-24(20-30-14-5-6-15-30)26(28-4)18-25(27)21-31-16-7-8-17-31;;/h18-19,22-23H,5-17,20-21H2,1-4H3;2*1H/q+2;;/p-2. The van der Waals surface area contributed by atoms with Crippen LogP contribution in [-0.2, 0) is 33.3 Å². The van der Waals surface area contributed by atoms with Gasteiger partial charge in [0.1, 0.15) is 46.0 Å². The molecule has 0 spiro atoms. The minimum absolute atomic E-state index is 0. The van der Waals surface area contributed by atoms with Gasteiger partial charge in [0.15, 0.2) is 0 Å². The van der Waals surface area contributed by atoms with E-state index in [4.69, 9.17) is 9.47 Å². The summed E-state index contributed by atoms with van der Waals surface area (Å²) in [4.78, 5) is 0. The average molecular weight is 538 g/mol. The van der Waals surface area contributed by atoms with Crippen molar-refractivity contribution in [2.24, 2.45) is 11.8 Å². The maximum Gasteiger partial charge on any atom is 0.136 e. The quantitative estimate of drug-likeness (QED) is 0.346. The summed E-state index contributed by atoms with van der Waals surface area (Å²) in [5.74, 6) is 11.8. The van der Waals surface area contributed by atoms with Gasteiger partial charge in [-0.25, -0.2) is 0 Å². The molecule has 2 aliphatic rings. The van der Waals surface area contributed by atoms with Gasteiger partial charge in [0, 0.05) is 11.1 Å². The fraction of sp³-hybridized carbons (Fsp3) is 0.778. The van der Waals surface area contributed by atoms with E-state index in [1.165, 1.54) is 90.6 Å². The van der Waals surface area contributed by atoms with Crippen LogP contribution in [-0.4, -0.2) is 36.7 Å². The Balaban J connectivity index is 0.00000272. The van der Waals surface area contributed by atoms with E-state index in [0.29, 0.717) is 21.8 Å². The lowest BCUT2D eigenvalue weighted by Crippen LogP contribution is -3.00. The summed E-state index contributed by atoms with van der Waals surface area (Å²) in [5.41, 5.74) is 2.78. The molecule has 1 unspecified atom stereocenters. The largest absolute Gasteiger partial charge is 1.00 e. The van der Waals surface area contributed by atoms with Crippen LogP contribution >= 0.6 is 0 Å². The van der Waals surface area contributed by atoms with Crippen molar-refractivity contribution in [3.8, 4) is 11.5 Å². The minimum Gasteiger partial charge on any atom is -1.00 e. The fourth-order valence-electron chi connectivity index (χ4n) is 4.74. The van der Waals surface area contributed by atoms with Crippen LogP contribution in [0.3, 0.4) is 0 Å². The summed E-state index contributed by atoms with van der Waals surface area (Å²) < 4.78 is 12.4. The van der Waals surface area contributed by atoms with Gasteiger partial charge >= 0.3 is 0 Å². The molecule has 1 atom stereocenters. The lowest BCUT2D eigenvalue weighted by Gasteiger charge is -2.17. The highest BCUT2D eigenvalue weighted by atomic mass is 35.5. The van der Waals surface area contributed by atoms with Crippen LogP contribution in [0.1, 0.15) is 83.3 Å². The van der Waals surface area contributed by atoms with E-state index in [2.05, 4.69) is 32.9 Å². The summed E-state index contributed by atoms with van der Waals surface area (Å²) in [7, 11) is 2.91. The Kier molecular flexibility index (Phi) is 15.8. The molecule has 3 rings (SSSR count). The summed E-state index contributed by atoms with van der Waals surface area (Å²) in [5, 5.41) is 0. The normalized spacial score (nSPS) is 17.6. The van der Waals surface area contributed by atoms with E-state index in [0.717, 1.165) is 36.4 Å². The third kappa shape index (κ3) is 10.7. The molecule has 2 fully saturated rings. The molecule has 2 aliphatic heterocycles. The van der Waals surface area contributed by atoms with Crippen LogP contribution in [0, 0.1) is 11.8 Å². The third-order valence-corrected chi connectivity index (χ3v) is 11.7. The molecule has 0 N–H and O–H groups in total. The van der Waals surface area contributed by atoms with E-state index in [1.54, 1.807) is 0 Å². The SMILES string of the molecule is COc1cc(C[S+]2CCCC2)c(OCCC(C)CCCC(C)C)cc1C[S+]1CCCC1.[Cl-].[Cl-]. The van der Waals surface area contributed by atoms with Gasteiger partial charge in [-0.05, 0) is 77.9 Å². The van der Waals surface area contributed by atoms with Crippen LogP contribution in [0.15, 0.2) is 12.1 Å². The van der Waals surface area contributed by atoms with Gasteiger partial charge in [-0.1, -0.05) is 40.0 Å². The van der Waals surface area contributed by atoms with Crippen molar-refractivity contribution in [3.63, 3.8) is 0 Å². The average Bonchev–Trinajstić information content (AvgIpc) is 3.43. The number of halogens is 2. The predicted octanol–water partition coefficient (Wildman–Crippen LogP) is 0.759. The fourth-order valence-corrected chi connectivity index (χ4v) is 9.51. The Morgan fingerprint density at radius 1 is 0.758 bits per heavy atom. The van der Waals surface area contributed by atoms with Gasteiger partial charge in [0.05, 0.1) is 13.7 Å². The lowest BCUT2D eigenvalue weighted by atomic mass is 9.98. The maximum atomic E-state index is 6.50. The Morgan fingerprint density at radius 2 is 1.27 bits per heavy atom. The Hall–Kier alpha value is 0.1000. The second-order valence-electron chi connectivity index (χ2n) is 10.1. The molecule has 0 aromatic heterocycles. The monoisotopic (exact) mass is 536 g/mol. The zero-order chi connectivity index (χ0) is 22.1. The first-order valence-electron chi connectivity index (χ1n) is 12.7. The first-order chi connectivity index (χ1) is 15.0. The lowest BCUT2D eigenvalue weighted by molar-refractivity contribution is -0.001000. The Labute approximate surface area is 222 Å². The van der Waals surface area contributed by atoms with Gasteiger partial charge in [0.25, 0.3) is 0 Å². The zero-order valence-electron chi connectivity index (χ0n) is 21.3. The van der Waals surface area contributed by atoms with Crippen LogP contribution in [0.2, 0.25) is 0 Å². The van der Waals surface area contributed by atoms with E-state index in [1.807, 2.05) is 7.11 Å². The smallest absolute Gasteiger partial charge is 0.136 e. The third-order valence-electron chi connectivity index (χ3n) is 6.76. The maximum absolute atomic E-state index is 6.50. The van der Waals surface area contributed by atoms with Crippen molar-refractivity contribution < 1.29 is 34.3 Å². The first kappa shape index (κ1) is 31.1.